The number of methoxy groups -OCH3 is 1. The van der Waals surface area contributed by atoms with Crippen molar-refractivity contribution >= 4 is 27.8 Å². The summed E-state index contributed by atoms with van der Waals surface area (Å²) in [6.45, 7) is 7.34. The maximum absolute atomic E-state index is 10.5. The summed E-state index contributed by atoms with van der Waals surface area (Å²) >= 11 is 0. The van der Waals surface area contributed by atoms with Crippen molar-refractivity contribution in [2.24, 2.45) is 0 Å². The molecule has 3 aromatic heterocycles. The Morgan fingerprint density at radius 2 is 1.91 bits per heavy atom. The molecule has 0 radical (unpaired) electrons. The van der Waals surface area contributed by atoms with Gasteiger partial charge in [-0.25, -0.2) is 9.97 Å². The van der Waals surface area contributed by atoms with Gasteiger partial charge in [0.05, 0.1) is 29.8 Å². The van der Waals surface area contributed by atoms with Crippen molar-refractivity contribution in [3.05, 3.63) is 48.0 Å². The molecule has 0 atom stereocenters. The highest BCUT2D eigenvalue weighted by Crippen LogP contribution is 2.32. The average molecular weight is 436 g/mol. The van der Waals surface area contributed by atoms with Crippen LogP contribution in [-0.4, -0.2) is 43.9 Å². The van der Waals surface area contributed by atoms with Crippen molar-refractivity contribution in [3.63, 3.8) is 0 Å². The fraction of sp³-hybridized carbons (Fsp3) is 0.375. The van der Waals surface area contributed by atoms with E-state index in [2.05, 4.69) is 21.0 Å². The summed E-state index contributed by atoms with van der Waals surface area (Å²) in [5.41, 5.74) is 10.6. The summed E-state index contributed by atoms with van der Waals surface area (Å²) in [4.78, 5) is 13.7. The Morgan fingerprint density at radius 1 is 1.09 bits per heavy atom. The predicted octanol–water partition coefficient (Wildman–Crippen LogP) is 3.68. The zero-order chi connectivity index (χ0) is 22.9. The first-order valence-electron chi connectivity index (χ1n) is 10.6. The number of rotatable bonds is 8. The molecule has 3 heterocycles. The molecular formula is C24H29N5O3. The molecule has 3 N–H and O–H groups in total. The van der Waals surface area contributed by atoms with Crippen molar-refractivity contribution in [1.82, 2.24) is 19.5 Å². The summed E-state index contributed by atoms with van der Waals surface area (Å²) < 4.78 is 12.8. The van der Waals surface area contributed by atoms with E-state index in [4.69, 9.17) is 15.2 Å². The predicted molar refractivity (Wildman–Crippen MR) is 125 cm³/mol. The van der Waals surface area contributed by atoms with Gasteiger partial charge >= 0.3 is 0 Å². The van der Waals surface area contributed by atoms with Crippen molar-refractivity contribution in [3.8, 4) is 11.1 Å². The van der Waals surface area contributed by atoms with Crippen LogP contribution in [0.5, 0.6) is 0 Å². The van der Waals surface area contributed by atoms with Gasteiger partial charge in [0, 0.05) is 37.1 Å². The van der Waals surface area contributed by atoms with Crippen molar-refractivity contribution in [2.75, 3.05) is 19.5 Å². The van der Waals surface area contributed by atoms with Gasteiger partial charge in [0.2, 0.25) is 0 Å². The first-order chi connectivity index (χ1) is 15.3. The van der Waals surface area contributed by atoms with Gasteiger partial charge in [-0.3, -0.25) is 4.98 Å². The van der Waals surface area contributed by atoms with E-state index >= 15 is 0 Å². The standard InChI is InChI=1S/C24H29N5O3/c1-5-32-12-15-8-17(11-26-10-15)16-6-7-18-19(9-16)27-23(25)21-22(18)29(14-24(2,3)30)20(28-21)13-31-4/h6-11,30H,5,12-14H2,1-4H3,(H2,25,27). The van der Waals surface area contributed by atoms with Crippen LogP contribution in [0.3, 0.4) is 0 Å². The Balaban J connectivity index is 1.88. The van der Waals surface area contributed by atoms with Gasteiger partial charge in [-0.05, 0) is 44.0 Å². The Hall–Kier alpha value is -3.07. The second kappa shape index (κ2) is 8.82. The van der Waals surface area contributed by atoms with Crippen LogP contribution >= 0.6 is 0 Å². The van der Waals surface area contributed by atoms with Gasteiger partial charge in [-0.1, -0.05) is 12.1 Å². The lowest BCUT2D eigenvalue weighted by atomic mass is 10.0. The van der Waals surface area contributed by atoms with Gasteiger partial charge in [0.15, 0.2) is 5.82 Å². The number of aromatic nitrogens is 4. The van der Waals surface area contributed by atoms with Crippen LogP contribution in [0.4, 0.5) is 5.82 Å². The fourth-order valence-electron chi connectivity index (χ4n) is 3.88. The molecule has 8 heteroatoms. The Morgan fingerprint density at radius 3 is 2.62 bits per heavy atom. The summed E-state index contributed by atoms with van der Waals surface area (Å²) in [6, 6.07) is 8.14. The normalized spacial score (nSPS) is 12.2. The number of hydrogen-bond donors (Lipinski definition) is 2. The number of ether oxygens (including phenoxy) is 2. The van der Waals surface area contributed by atoms with Gasteiger partial charge in [0.25, 0.3) is 0 Å². The highest BCUT2D eigenvalue weighted by atomic mass is 16.5. The number of nitrogens with two attached hydrogens (primary N) is 1. The number of imidazole rings is 1. The molecule has 0 aliphatic carbocycles. The number of fused-ring (bicyclic) bond motifs is 3. The molecular weight excluding hydrogens is 406 g/mol. The molecule has 0 fully saturated rings. The molecule has 0 amide bonds. The van der Waals surface area contributed by atoms with Crippen LogP contribution in [0.25, 0.3) is 33.1 Å². The van der Waals surface area contributed by atoms with Gasteiger partial charge < -0.3 is 24.9 Å². The van der Waals surface area contributed by atoms with E-state index in [1.807, 2.05) is 42.1 Å². The smallest absolute Gasteiger partial charge is 0.152 e. The van der Waals surface area contributed by atoms with Crippen molar-refractivity contribution in [2.45, 2.75) is 46.1 Å². The number of nitrogens with zero attached hydrogens (tertiary/aromatic N) is 4. The van der Waals surface area contributed by atoms with Crippen molar-refractivity contribution < 1.29 is 14.6 Å². The third-order valence-electron chi connectivity index (χ3n) is 5.20. The van der Waals surface area contributed by atoms with E-state index < -0.39 is 5.60 Å². The topological polar surface area (TPSA) is 108 Å². The van der Waals surface area contributed by atoms with Crippen LogP contribution < -0.4 is 5.73 Å². The molecule has 0 unspecified atom stereocenters. The highest BCUT2D eigenvalue weighted by molar-refractivity contribution is 6.07. The summed E-state index contributed by atoms with van der Waals surface area (Å²) in [6.07, 6.45) is 3.64. The average Bonchev–Trinajstić information content (AvgIpc) is 3.10. The molecule has 1 aromatic carbocycles. The minimum atomic E-state index is -0.937. The summed E-state index contributed by atoms with van der Waals surface area (Å²) in [5, 5.41) is 11.4. The minimum absolute atomic E-state index is 0.308. The minimum Gasteiger partial charge on any atom is -0.389 e. The number of anilines is 1. The van der Waals surface area contributed by atoms with Crippen LogP contribution in [0.2, 0.25) is 0 Å². The Kier molecular flexibility index (Phi) is 6.10. The molecule has 0 aliphatic heterocycles. The zero-order valence-electron chi connectivity index (χ0n) is 18.9. The molecule has 8 nitrogen and oxygen atoms in total. The van der Waals surface area contributed by atoms with Gasteiger partial charge in [-0.15, -0.1) is 0 Å². The lowest BCUT2D eigenvalue weighted by molar-refractivity contribution is 0.0597. The summed E-state index contributed by atoms with van der Waals surface area (Å²) in [7, 11) is 1.62. The third-order valence-corrected chi connectivity index (χ3v) is 5.20. The molecule has 0 saturated heterocycles. The largest absolute Gasteiger partial charge is 0.389 e. The Labute approximate surface area is 187 Å². The SMILES string of the molecule is CCOCc1cncc(-c2ccc3c(c2)nc(N)c2nc(COC)n(CC(C)(C)O)c23)c1. The van der Waals surface area contributed by atoms with Crippen LogP contribution in [-0.2, 0) is 29.2 Å². The lowest BCUT2D eigenvalue weighted by Gasteiger charge is -2.20. The monoisotopic (exact) mass is 435 g/mol. The molecule has 0 saturated carbocycles. The third kappa shape index (κ3) is 4.43. The number of benzene rings is 1. The maximum Gasteiger partial charge on any atom is 0.152 e. The number of hydrogen-bond acceptors (Lipinski definition) is 7. The van der Waals surface area contributed by atoms with E-state index in [9.17, 15) is 5.11 Å². The van der Waals surface area contributed by atoms with Crippen LogP contribution in [0.15, 0.2) is 36.7 Å². The van der Waals surface area contributed by atoms with E-state index in [1.165, 1.54) is 0 Å². The Bertz CT molecular complexity index is 1260. The molecule has 0 bridgehead atoms. The fourth-order valence-corrected chi connectivity index (χ4v) is 3.88. The first-order valence-corrected chi connectivity index (χ1v) is 10.6. The second-order valence-corrected chi connectivity index (χ2v) is 8.50. The van der Waals surface area contributed by atoms with E-state index in [0.29, 0.717) is 43.5 Å². The van der Waals surface area contributed by atoms with Gasteiger partial charge in [-0.2, -0.15) is 0 Å². The molecule has 0 aliphatic rings. The van der Waals surface area contributed by atoms with E-state index in [1.54, 1.807) is 21.0 Å². The number of pyridine rings is 2. The number of aliphatic hydroxyl groups is 1. The van der Waals surface area contributed by atoms with E-state index in [0.717, 1.165) is 33.1 Å². The zero-order valence-corrected chi connectivity index (χ0v) is 18.9. The molecule has 0 spiro atoms. The molecule has 168 valence electrons. The summed E-state index contributed by atoms with van der Waals surface area (Å²) in [5.74, 6) is 1.04. The maximum atomic E-state index is 10.5. The highest BCUT2D eigenvalue weighted by Gasteiger charge is 2.22. The number of nitrogen functional groups attached to an aromatic ring is 1. The lowest BCUT2D eigenvalue weighted by Crippen LogP contribution is -2.27. The van der Waals surface area contributed by atoms with E-state index in [-0.39, 0.29) is 0 Å². The van der Waals surface area contributed by atoms with Crippen LogP contribution in [0, 0.1) is 0 Å². The second-order valence-electron chi connectivity index (χ2n) is 8.50. The molecule has 4 rings (SSSR count). The first kappa shape index (κ1) is 22.1. The molecule has 4 aromatic rings. The molecule has 32 heavy (non-hydrogen) atoms. The van der Waals surface area contributed by atoms with Crippen molar-refractivity contribution in [1.29, 1.82) is 0 Å². The quantitative estimate of drug-likeness (QED) is 0.434. The van der Waals surface area contributed by atoms with Gasteiger partial charge in [0.1, 0.15) is 17.9 Å². The van der Waals surface area contributed by atoms with Crippen LogP contribution in [0.1, 0.15) is 32.2 Å².